The van der Waals surface area contributed by atoms with Crippen molar-refractivity contribution in [1.82, 2.24) is 4.90 Å². The Morgan fingerprint density at radius 3 is 2.50 bits per heavy atom. The average molecular weight is 254 g/mol. The van der Waals surface area contributed by atoms with E-state index in [4.69, 9.17) is 10.5 Å². The smallest absolute Gasteiger partial charge is 0.325 e. The maximum Gasteiger partial charge on any atom is 0.325 e. The van der Waals surface area contributed by atoms with Crippen molar-refractivity contribution in [3.8, 4) is 0 Å². The van der Waals surface area contributed by atoms with E-state index >= 15 is 0 Å². The molecule has 0 bridgehead atoms. The molecule has 4 unspecified atom stereocenters. The number of nitrogens with zero attached hydrogens (tertiary/aromatic N) is 1. The molecule has 0 spiro atoms. The molecule has 0 aromatic rings. The third-order valence-electron chi connectivity index (χ3n) is 4.88. The van der Waals surface area contributed by atoms with Crippen LogP contribution < -0.4 is 5.73 Å². The number of ether oxygens (including phenoxy) is 1. The Hall–Kier alpha value is -0.610. The minimum absolute atomic E-state index is 0.243. The zero-order valence-corrected chi connectivity index (χ0v) is 11.8. The van der Waals surface area contributed by atoms with Gasteiger partial charge in [0.1, 0.15) is 5.54 Å². The number of carbonyl (C=O) groups excluding carboxylic acids is 1. The lowest BCUT2D eigenvalue weighted by Crippen LogP contribution is -2.56. The van der Waals surface area contributed by atoms with Gasteiger partial charge < -0.3 is 10.5 Å². The fourth-order valence-corrected chi connectivity index (χ4v) is 3.45. The van der Waals surface area contributed by atoms with Crippen molar-refractivity contribution < 1.29 is 9.53 Å². The second kappa shape index (κ2) is 5.17. The summed E-state index contributed by atoms with van der Waals surface area (Å²) >= 11 is 0. The van der Waals surface area contributed by atoms with Crippen LogP contribution in [-0.4, -0.2) is 42.6 Å². The number of hydrogen-bond acceptors (Lipinski definition) is 4. The van der Waals surface area contributed by atoms with E-state index in [0.29, 0.717) is 6.04 Å². The van der Waals surface area contributed by atoms with Gasteiger partial charge in [-0.15, -0.1) is 0 Å². The summed E-state index contributed by atoms with van der Waals surface area (Å²) in [5, 5.41) is 0. The number of hydrogen-bond donors (Lipinski definition) is 1. The van der Waals surface area contributed by atoms with Crippen LogP contribution in [0.3, 0.4) is 0 Å². The molecule has 2 N–H and O–H groups in total. The van der Waals surface area contributed by atoms with Crippen LogP contribution in [0, 0.1) is 11.8 Å². The van der Waals surface area contributed by atoms with Gasteiger partial charge in [-0.05, 0) is 37.5 Å². The first-order chi connectivity index (χ1) is 8.46. The molecule has 2 aliphatic rings. The predicted molar refractivity (Wildman–Crippen MR) is 71.1 cm³/mol. The zero-order valence-electron chi connectivity index (χ0n) is 11.8. The molecule has 1 saturated heterocycles. The maximum atomic E-state index is 11.8. The molecular weight excluding hydrogens is 228 g/mol. The van der Waals surface area contributed by atoms with Gasteiger partial charge in [-0.1, -0.05) is 13.8 Å². The van der Waals surface area contributed by atoms with E-state index in [1.165, 1.54) is 7.11 Å². The van der Waals surface area contributed by atoms with Gasteiger partial charge in [0, 0.05) is 19.1 Å². The Morgan fingerprint density at radius 2 is 1.94 bits per heavy atom. The molecule has 2 fully saturated rings. The molecule has 4 atom stereocenters. The van der Waals surface area contributed by atoms with Crippen LogP contribution in [0.15, 0.2) is 0 Å². The van der Waals surface area contributed by atoms with E-state index in [1.54, 1.807) is 0 Å². The number of methoxy groups -OCH3 is 1. The Bertz CT molecular complexity index is 311. The summed E-state index contributed by atoms with van der Waals surface area (Å²) in [4.78, 5) is 14.3. The van der Waals surface area contributed by atoms with Crippen LogP contribution in [0.25, 0.3) is 0 Å². The van der Waals surface area contributed by atoms with E-state index < -0.39 is 5.54 Å². The summed E-state index contributed by atoms with van der Waals surface area (Å²) in [7, 11) is 1.43. The first kappa shape index (κ1) is 13.8. The summed E-state index contributed by atoms with van der Waals surface area (Å²) < 4.78 is 4.86. The highest BCUT2D eigenvalue weighted by molar-refractivity contribution is 5.80. The first-order valence-corrected chi connectivity index (χ1v) is 7.07. The van der Waals surface area contributed by atoms with Crippen molar-refractivity contribution in [2.45, 2.75) is 51.1 Å². The van der Waals surface area contributed by atoms with Crippen LogP contribution in [0.4, 0.5) is 0 Å². The first-order valence-electron chi connectivity index (χ1n) is 7.07. The highest BCUT2D eigenvalue weighted by Gasteiger charge is 2.43. The second-order valence-electron chi connectivity index (χ2n) is 6.31. The van der Waals surface area contributed by atoms with Crippen LogP contribution in [0.2, 0.25) is 0 Å². The quantitative estimate of drug-likeness (QED) is 0.757. The van der Waals surface area contributed by atoms with Crippen LogP contribution in [-0.2, 0) is 9.53 Å². The summed E-state index contributed by atoms with van der Waals surface area (Å²) in [6.45, 7) is 6.90. The Labute approximate surface area is 110 Å². The molecular formula is C14H26N2O2. The van der Waals surface area contributed by atoms with Crippen LogP contribution in [0.5, 0.6) is 0 Å². The predicted octanol–water partition coefficient (Wildman–Crippen LogP) is 1.39. The molecule has 1 heterocycles. The van der Waals surface area contributed by atoms with Gasteiger partial charge in [-0.3, -0.25) is 9.69 Å². The van der Waals surface area contributed by atoms with Crippen molar-refractivity contribution >= 4 is 5.97 Å². The van der Waals surface area contributed by atoms with E-state index in [0.717, 1.165) is 50.6 Å². The Balaban J connectivity index is 2.01. The number of rotatable bonds is 2. The molecule has 0 aromatic carbocycles. The molecule has 0 amide bonds. The minimum atomic E-state index is -0.757. The Morgan fingerprint density at radius 1 is 1.33 bits per heavy atom. The molecule has 4 nitrogen and oxygen atoms in total. The fourth-order valence-electron chi connectivity index (χ4n) is 3.45. The standard InChI is InChI=1S/C14H26N2O2/c1-10-8-16(9-11(10)2)12-5-4-6-14(15,7-12)13(17)18-3/h10-12H,4-9,15H2,1-3H3. The normalized spacial score (nSPS) is 41.9. The van der Waals surface area contributed by atoms with Crippen LogP contribution in [0.1, 0.15) is 39.5 Å². The van der Waals surface area contributed by atoms with Gasteiger partial charge in [0.15, 0.2) is 0 Å². The lowest BCUT2D eigenvalue weighted by Gasteiger charge is -2.39. The summed E-state index contributed by atoms with van der Waals surface area (Å²) in [6.07, 6.45) is 3.69. The summed E-state index contributed by atoms with van der Waals surface area (Å²) in [5.41, 5.74) is 5.48. The molecule has 1 saturated carbocycles. The molecule has 0 radical (unpaired) electrons. The number of likely N-dealkylation sites (tertiary alicyclic amines) is 1. The third kappa shape index (κ3) is 2.54. The molecule has 2 rings (SSSR count). The molecule has 0 aromatic heterocycles. The molecule has 4 heteroatoms. The van der Waals surface area contributed by atoms with Crippen molar-refractivity contribution in [2.75, 3.05) is 20.2 Å². The second-order valence-corrected chi connectivity index (χ2v) is 6.31. The van der Waals surface area contributed by atoms with Crippen molar-refractivity contribution in [3.05, 3.63) is 0 Å². The lowest BCUT2D eigenvalue weighted by atomic mass is 9.79. The van der Waals surface area contributed by atoms with Gasteiger partial charge in [0.05, 0.1) is 7.11 Å². The lowest BCUT2D eigenvalue weighted by molar-refractivity contribution is -0.149. The van der Waals surface area contributed by atoms with Crippen molar-refractivity contribution in [3.63, 3.8) is 0 Å². The highest BCUT2D eigenvalue weighted by Crippen LogP contribution is 2.34. The average Bonchev–Trinajstić information content (AvgIpc) is 2.69. The van der Waals surface area contributed by atoms with Gasteiger partial charge in [-0.25, -0.2) is 0 Å². The van der Waals surface area contributed by atoms with E-state index in [-0.39, 0.29) is 5.97 Å². The minimum Gasteiger partial charge on any atom is -0.468 e. The van der Waals surface area contributed by atoms with Crippen molar-refractivity contribution in [1.29, 1.82) is 0 Å². The topological polar surface area (TPSA) is 55.6 Å². The van der Waals surface area contributed by atoms with E-state index in [9.17, 15) is 4.79 Å². The van der Waals surface area contributed by atoms with Gasteiger partial charge in [0.2, 0.25) is 0 Å². The summed E-state index contributed by atoms with van der Waals surface area (Å²) in [5.74, 6) is 1.25. The zero-order chi connectivity index (χ0) is 13.3. The maximum absolute atomic E-state index is 11.8. The van der Waals surface area contributed by atoms with Gasteiger partial charge in [0.25, 0.3) is 0 Å². The highest BCUT2D eigenvalue weighted by atomic mass is 16.5. The number of esters is 1. The monoisotopic (exact) mass is 254 g/mol. The van der Waals surface area contributed by atoms with Crippen molar-refractivity contribution in [2.24, 2.45) is 17.6 Å². The molecule has 1 aliphatic carbocycles. The molecule has 104 valence electrons. The number of nitrogens with two attached hydrogens (primary N) is 1. The van der Waals surface area contributed by atoms with Crippen LogP contribution >= 0.6 is 0 Å². The van der Waals surface area contributed by atoms with Gasteiger partial charge in [-0.2, -0.15) is 0 Å². The summed E-state index contributed by atoms with van der Waals surface area (Å²) in [6, 6.07) is 0.454. The van der Waals surface area contributed by atoms with E-state index in [1.807, 2.05) is 0 Å². The van der Waals surface area contributed by atoms with E-state index in [2.05, 4.69) is 18.7 Å². The largest absolute Gasteiger partial charge is 0.468 e. The van der Waals surface area contributed by atoms with Gasteiger partial charge >= 0.3 is 5.97 Å². The SMILES string of the molecule is COC(=O)C1(N)CCCC(N2CC(C)C(C)C2)C1. The number of carbonyl (C=O) groups is 1. The molecule has 1 aliphatic heterocycles. The molecule has 18 heavy (non-hydrogen) atoms. The Kier molecular flexibility index (Phi) is 3.97. The third-order valence-corrected chi connectivity index (χ3v) is 4.88. The fraction of sp³-hybridized carbons (Fsp3) is 0.929.